The fourth-order valence-electron chi connectivity index (χ4n) is 1.41. The predicted octanol–water partition coefficient (Wildman–Crippen LogP) is 1.72. The average Bonchev–Trinajstić information content (AvgIpc) is 2.29. The molecule has 0 aromatic heterocycles. The second-order valence-electron chi connectivity index (χ2n) is 4.12. The fraction of sp³-hybridized carbons (Fsp3) is 0.417. The van der Waals surface area contributed by atoms with Crippen LogP contribution in [0, 0.1) is 0 Å². The highest BCUT2D eigenvalue weighted by atomic mass is 79.9. The van der Waals surface area contributed by atoms with Crippen LogP contribution in [0.4, 0.5) is 0 Å². The molecule has 1 rings (SSSR count). The summed E-state index contributed by atoms with van der Waals surface area (Å²) in [5, 5.41) is 12.5. The van der Waals surface area contributed by atoms with Crippen LogP contribution in [0.2, 0.25) is 0 Å². The van der Waals surface area contributed by atoms with E-state index in [0.717, 1.165) is 5.56 Å². The summed E-state index contributed by atoms with van der Waals surface area (Å²) in [6, 6.07) is 5.05. The second kappa shape index (κ2) is 6.02. The molecule has 1 amide bonds. The number of halogens is 1. The number of likely N-dealkylation sites (N-methyl/N-ethyl adjacent to an activating group) is 1. The van der Waals surface area contributed by atoms with Gasteiger partial charge in [0.25, 0.3) is 0 Å². The lowest BCUT2D eigenvalue weighted by Crippen LogP contribution is -2.41. The molecule has 0 aliphatic rings. The van der Waals surface area contributed by atoms with Crippen molar-refractivity contribution in [2.45, 2.75) is 19.5 Å². The lowest BCUT2D eigenvalue weighted by molar-refractivity contribution is -0.130. The number of carbonyl (C=O) groups is 1. The van der Waals surface area contributed by atoms with E-state index < -0.39 is 0 Å². The zero-order valence-electron chi connectivity index (χ0n) is 10.2. The van der Waals surface area contributed by atoms with Crippen molar-refractivity contribution in [1.82, 2.24) is 10.2 Å². The third-order valence-electron chi connectivity index (χ3n) is 2.44. The number of aromatic hydroxyl groups is 1. The van der Waals surface area contributed by atoms with E-state index >= 15 is 0 Å². The van der Waals surface area contributed by atoms with Crippen LogP contribution in [0.3, 0.4) is 0 Å². The predicted molar refractivity (Wildman–Crippen MR) is 70.8 cm³/mol. The highest BCUT2D eigenvalue weighted by molar-refractivity contribution is 9.10. The number of amides is 1. The van der Waals surface area contributed by atoms with Gasteiger partial charge in [0.1, 0.15) is 5.75 Å². The summed E-state index contributed by atoms with van der Waals surface area (Å²) in [4.78, 5) is 13.2. The number of phenols is 1. The summed E-state index contributed by atoms with van der Waals surface area (Å²) in [7, 11) is 3.47. The molecule has 0 spiro atoms. The lowest BCUT2D eigenvalue weighted by atomic mass is 10.2. The standard InChI is InChI=1S/C12H17BrN2O2/c1-8(12(17)15(2)3)14-7-9-4-5-11(16)10(13)6-9/h4-6,8,14,16H,7H2,1-3H3. The number of benzene rings is 1. The van der Waals surface area contributed by atoms with E-state index in [0.29, 0.717) is 11.0 Å². The van der Waals surface area contributed by atoms with Crippen molar-refractivity contribution in [3.63, 3.8) is 0 Å². The Morgan fingerprint density at radius 3 is 2.71 bits per heavy atom. The molecule has 0 saturated carbocycles. The Bertz CT molecular complexity index is 407. The summed E-state index contributed by atoms with van der Waals surface area (Å²) in [6.45, 7) is 2.41. The first-order valence-corrected chi connectivity index (χ1v) is 6.13. The largest absolute Gasteiger partial charge is 0.507 e. The van der Waals surface area contributed by atoms with E-state index in [1.807, 2.05) is 19.1 Å². The number of rotatable bonds is 4. The topological polar surface area (TPSA) is 52.6 Å². The molecule has 0 bridgehead atoms. The van der Waals surface area contributed by atoms with Crippen LogP contribution in [0.25, 0.3) is 0 Å². The summed E-state index contributed by atoms with van der Waals surface area (Å²) in [5.74, 6) is 0.258. The molecule has 2 N–H and O–H groups in total. The van der Waals surface area contributed by atoms with Crippen molar-refractivity contribution in [2.24, 2.45) is 0 Å². The zero-order valence-corrected chi connectivity index (χ0v) is 11.8. The molecule has 0 saturated heterocycles. The molecule has 0 fully saturated rings. The normalized spacial score (nSPS) is 12.2. The molecule has 5 heteroatoms. The maximum absolute atomic E-state index is 11.6. The van der Waals surface area contributed by atoms with E-state index in [-0.39, 0.29) is 17.7 Å². The van der Waals surface area contributed by atoms with Crippen LogP contribution in [0.15, 0.2) is 22.7 Å². The van der Waals surface area contributed by atoms with Crippen molar-refractivity contribution in [3.05, 3.63) is 28.2 Å². The summed E-state index contributed by atoms with van der Waals surface area (Å²) < 4.78 is 0.656. The Hall–Kier alpha value is -1.07. The highest BCUT2D eigenvalue weighted by Gasteiger charge is 2.13. The van der Waals surface area contributed by atoms with Gasteiger partial charge in [0.2, 0.25) is 5.91 Å². The Morgan fingerprint density at radius 1 is 1.53 bits per heavy atom. The molecule has 0 aliphatic carbocycles. The van der Waals surface area contributed by atoms with Crippen LogP contribution >= 0.6 is 15.9 Å². The van der Waals surface area contributed by atoms with E-state index in [1.54, 1.807) is 25.1 Å². The number of hydrogen-bond donors (Lipinski definition) is 2. The van der Waals surface area contributed by atoms with E-state index in [9.17, 15) is 9.90 Å². The fourth-order valence-corrected chi connectivity index (χ4v) is 1.83. The van der Waals surface area contributed by atoms with Crippen LogP contribution in [-0.4, -0.2) is 36.1 Å². The Morgan fingerprint density at radius 2 is 2.18 bits per heavy atom. The van der Waals surface area contributed by atoms with E-state index in [1.165, 1.54) is 0 Å². The third kappa shape index (κ3) is 4.02. The van der Waals surface area contributed by atoms with Gasteiger partial charge in [-0.05, 0) is 40.5 Å². The molecule has 0 aliphatic heterocycles. The monoisotopic (exact) mass is 300 g/mol. The summed E-state index contributed by atoms with van der Waals surface area (Å²) in [5.41, 5.74) is 1.01. The molecule has 1 unspecified atom stereocenters. The Labute approximate surface area is 110 Å². The van der Waals surface area contributed by atoms with Crippen LogP contribution in [0.5, 0.6) is 5.75 Å². The first kappa shape index (κ1) is 14.0. The smallest absolute Gasteiger partial charge is 0.238 e. The zero-order chi connectivity index (χ0) is 13.0. The van der Waals surface area contributed by atoms with Gasteiger partial charge >= 0.3 is 0 Å². The van der Waals surface area contributed by atoms with Gasteiger partial charge in [-0.15, -0.1) is 0 Å². The average molecular weight is 301 g/mol. The van der Waals surface area contributed by atoms with Crippen molar-refractivity contribution in [3.8, 4) is 5.75 Å². The summed E-state index contributed by atoms with van der Waals surface area (Å²) in [6.07, 6.45) is 0. The van der Waals surface area contributed by atoms with Gasteiger partial charge in [0.15, 0.2) is 0 Å². The van der Waals surface area contributed by atoms with Crippen molar-refractivity contribution in [1.29, 1.82) is 0 Å². The van der Waals surface area contributed by atoms with Gasteiger partial charge in [0.05, 0.1) is 10.5 Å². The first-order valence-electron chi connectivity index (χ1n) is 5.33. The van der Waals surface area contributed by atoms with Crippen molar-refractivity contribution in [2.75, 3.05) is 14.1 Å². The molecular weight excluding hydrogens is 284 g/mol. The number of carbonyl (C=O) groups excluding carboxylic acids is 1. The minimum Gasteiger partial charge on any atom is -0.507 e. The van der Waals surface area contributed by atoms with Gasteiger partial charge in [-0.3, -0.25) is 4.79 Å². The van der Waals surface area contributed by atoms with Gasteiger partial charge < -0.3 is 15.3 Å². The molecule has 0 radical (unpaired) electrons. The summed E-state index contributed by atoms with van der Waals surface area (Å²) >= 11 is 3.25. The third-order valence-corrected chi connectivity index (χ3v) is 3.07. The number of hydrogen-bond acceptors (Lipinski definition) is 3. The SMILES string of the molecule is CC(NCc1ccc(O)c(Br)c1)C(=O)N(C)C. The highest BCUT2D eigenvalue weighted by Crippen LogP contribution is 2.24. The van der Waals surface area contributed by atoms with E-state index in [2.05, 4.69) is 21.2 Å². The van der Waals surface area contributed by atoms with E-state index in [4.69, 9.17) is 0 Å². The Kier molecular flexibility index (Phi) is 4.96. The van der Waals surface area contributed by atoms with Gasteiger partial charge in [0, 0.05) is 20.6 Å². The second-order valence-corrected chi connectivity index (χ2v) is 4.98. The molecule has 1 aromatic rings. The number of nitrogens with one attached hydrogen (secondary N) is 1. The minimum atomic E-state index is -0.224. The molecular formula is C12H17BrN2O2. The number of nitrogens with zero attached hydrogens (tertiary/aromatic N) is 1. The molecule has 0 heterocycles. The van der Waals surface area contributed by atoms with Crippen molar-refractivity contribution >= 4 is 21.8 Å². The van der Waals surface area contributed by atoms with Gasteiger partial charge in [-0.25, -0.2) is 0 Å². The molecule has 1 atom stereocenters. The Balaban J connectivity index is 2.56. The lowest BCUT2D eigenvalue weighted by Gasteiger charge is -2.18. The van der Waals surface area contributed by atoms with Gasteiger partial charge in [-0.2, -0.15) is 0 Å². The van der Waals surface area contributed by atoms with Crippen LogP contribution in [0.1, 0.15) is 12.5 Å². The van der Waals surface area contributed by atoms with Gasteiger partial charge in [-0.1, -0.05) is 6.07 Å². The van der Waals surface area contributed by atoms with Crippen LogP contribution < -0.4 is 5.32 Å². The minimum absolute atomic E-state index is 0.0443. The molecule has 17 heavy (non-hydrogen) atoms. The molecule has 1 aromatic carbocycles. The molecule has 94 valence electrons. The maximum Gasteiger partial charge on any atom is 0.238 e. The van der Waals surface area contributed by atoms with Crippen molar-refractivity contribution < 1.29 is 9.90 Å². The number of phenolic OH excluding ortho intramolecular Hbond substituents is 1. The maximum atomic E-state index is 11.6. The quantitative estimate of drug-likeness (QED) is 0.890. The first-order chi connectivity index (χ1) is 7.91. The molecule has 4 nitrogen and oxygen atoms in total. The van der Waals surface area contributed by atoms with Crippen LogP contribution in [-0.2, 0) is 11.3 Å².